The number of amides is 2. The van der Waals surface area contributed by atoms with Crippen LogP contribution in [0.1, 0.15) is 12.8 Å². The van der Waals surface area contributed by atoms with Crippen LogP contribution in [0.3, 0.4) is 0 Å². The van der Waals surface area contributed by atoms with Gasteiger partial charge in [-0.25, -0.2) is 4.79 Å². The maximum atomic E-state index is 12.5. The molecule has 5 rings (SSSR count). The number of nitrogens with zero attached hydrogens (tertiary/aromatic N) is 3. The van der Waals surface area contributed by atoms with E-state index < -0.39 is 0 Å². The van der Waals surface area contributed by atoms with E-state index in [0.717, 1.165) is 35.9 Å². The SMILES string of the molecule is O=C(Nc1ccc(Oc2ccccc2)cc1)Nc1cccc(-c2ccc(N3CCCC3)nn2)c1. The number of benzene rings is 3. The van der Waals surface area contributed by atoms with Crippen LogP contribution < -0.4 is 20.3 Å². The largest absolute Gasteiger partial charge is 0.457 e. The number of aromatic nitrogens is 2. The van der Waals surface area contributed by atoms with Crippen molar-refractivity contribution in [3.05, 3.63) is 91.0 Å². The van der Waals surface area contributed by atoms with Gasteiger partial charge in [0.25, 0.3) is 0 Å². The molecule has 1 saturated heterocycles. The number of hydrogen-bond acceptors (Lipinski definition) is 5. The highest BCUT2D eigenvalue weighted by Crippen LogP contribution is 2.25. The van der Waals surface area contributed by atoms with Gasteiger partial charge in [-0.05, 0) is 73.5 Å². The van der Waals surface area contributed by atoms with E-state index in [2.05, 4.69) is 25.7 Å². The summed E-state index contributed by atoms with van der Waals surface area (Å²) < 4.78 is 5.78. The Hall–Kier alpha value is -4.39. The fourth-order valence-electron chi connectivity index (χ4n) is 3.87. The normalized spacial score (nSPS) is 12.9. The summed E-state index contributed by atoms with van der Waals surface area (Å²) in [5, 5.41) is 14.5. The average Bonchev–Trinajstić information content (AvgIpc) is 3.41. The molecule has 7 heteroatoms. The molecule has 4 aromatic rings. The highest BCUT2D eigenvalue weighted by molar-refractivity contribution is 6.00. The van der Waals surface area contributed by atoms with E-state index in [1.54, 1.807) is 12.1 Å². The molecule has 0 saturated carbocycles. The Morgan fingerprint density at radius 2 is 1.47 bits per heavy atom. The van der Waals surface area contributed by atoms with Crippen LogP contribution in [-0.4, -0.2) is 29.3 Å². The summed E-state index contributed by atoms with van der Waals surface area (Å²) in [4.78, 5) is 14.8. The monoisotopic (exact) mass is 451 g/mol. The maximum absolute atomic E-state index is 12.5. The Morgan fingerprint density at radius 1 is 0.735 bits per heavy atom. The first kappa shape index (κ1) is 21.5. The fourth-order valence-corrected chi connectivity index (χ4v) is 3.87. The Balaban J connectivity index is 1.19. The van der Waals surface area contributed by atoms with Crippen LogP contribution in [0.4, 0.5) is 22.0 Å². The molecule has 2 amide bonds. The molecule has 0 spiro atoms. The highest BCUT2D eigenvalue weighted by Gasteiger charge is 2.14. The van der Waals surface area contributed by atoms with Gasteiger partial charge in [0.2, 0.25) is 0 Å². The van der Waals surface area contributed by atoms with E-state index in [-0.39, 0.29) is 6.03 Å². The lowest BCUT2D eigenvalue weighted by Crippen LogP contribution is -2.19. The van der Waals surface area contributed by atoms with Gasteiger partial charge in [-0.15, -0.1) is 10.2 Å². The minimum atomic E-state index is -0.329. The van der Waals surface area contributed by atoms with Crippen LogP contribution in [0, 0.1) is 0 Å². The lowest BCUT2D eigenvalue weighted by atomic mass is 10.1. The maximum Gasteiger partial charge on any atom is 0.323 e. The number of para-hydroxylation sites is 1. The molecule has 170 valence electrons. The van der Waals surface area contributed by atoms with Crippen molar-refractivity contribution in [2.45, 2.75) is 12.8 Å². The van der Waals surface area contributed by atoms with Crippen molar-refractivity contribution in [2.75, 3.05) is 28.6 Å². The lowest BCUT2D eigenvalue weighted by Gasteiger charge is -2.15. The van der Waals surface area contributed by atoms with Crippen LogP contribution in [-0.2, 0) is 0 Å². The van der Waals surface area contributed by atoms with E-state index in [1.807, 2.05) is 78.9 Å². The van der Waals surface area contributed by atoms with Crippen LogP contribution in [0.15, 0.2) is 91.0 Å². The van der Waals surface area contributed by atoms with Gasteiger partial charge >= 0.3 is 6.03 Å². The number of hydrogen-bond donors (Lipinski definition) is 2. The van der Waals surface area contributed by atoms with Crippen LogP contribution in [0.2, 0.25) is 0 Å². The molecule has 1 aromatic heterocycles. The second kappa shape index (κ2) is 10.0. The minimum absolute atomic E-state index is 0.329. The van der Waals surface area contributed by atoms with Gasteiger partial charge in [0, 0.05) is 30.0 Å². The summed E-state index contributed by atoms with van der Waals surface area (Å²) in [5.41, 5.74) is 2.99. The van der Waals surface area contributed by atoms with Gasteiger partial charge < -0.3 is 20.3 Å². The quantitative estimate of drug-likeness (QED) is 0.366. The first-order chi connectivity index (χ1) is 16.7. The summed E-state index contributed by atoms with van der Waals surface area (Å²) in [7, 11) is 0. The molecule has 1 aliphatic rings. The number of rotatable bonds is 6. The Bertz CT molecular complexity index is 1240. The third kappa shape index (κ3) is 5.32. The summed E-state index contributed by atoms with van der Waals surface area (Å²) >= 11 is 0. The third-order valence-electron chi connectivity index (χ3n) is 5.59. The molecule has 2 N–H and O–H groups in total. The van der Waals surface area contributed by atoms with E-state index in [1.165, 1.54) is 12.8 Å². The molecule has 1 fully saturated rings. The van der Waals surface area contributed by atoms with Gasteiger partial charge in [-0.2, -0.15) is 0 Å². The molecule has 0 unspecified atom stereocenters. The highest BCUT2D eigenvalue weighted by atomic mass is 16.5. The van der Waals surface area contributed by atoms with Crippen molar-refractivity contribution >= 4 is 23.2 Å². The molecular weight excluding hydrogens is 426 g/mol. The first-order valence-electron chi connectivity index (χ1n) is 11.3. The van der Waals surface area contributed by atoms with Crippen molar-refractivity contribution < 1.29 is 9.53 Å². The Labute approximate surface area is 198 Å². The van der Waals surface area contributed by atoms with Gasteiger partial charge in [0.05, 0.1) is 5.69 Å². The van der Waals surface area contributed by atoms with Crippen LogP contribution in [0.5, 0.6) is 11.5 Å². The van der Waals surface area contributed by atoms with E-state index in [9.17, 15) is 4.79 Å². The van der Waals surface area contributed by atoms with Crippen molar-refractivity contribution in [3.63, 3.8) is 0 Å². The van der Waals surface area contributed by atoms with Gasteiger partial charge in [-0.3, -0.25) is 0 Å². The zero-order valence-electron chi connectivity index (χ0n) is 18.6. The molecular formula is C27H25N5O2. The summed E-state index contributed by atoms with van der Waals surface area (Å²) in [6, 6.07) is 28.0. The molecule has 0 aliphatic carbocycles. The predicted molar refractivity (Wildman–Crippen MR) is 135 cm³/mol. The Morgan fingerprint density at radius 3 is 2.21 bits per heavy atom. The number of anilines is 3. The smallest absolute Gasteiger partial charge is 0.323 e. The predicted octanol–water partition coefficient (Wildman–Crippen LogP) is 6.18. The van der Waals surface area contributed by atoms with Crippen molar-refractivity contribution in [2.24, 2.45) is 0 Å². The topological polar surface area (TPSA) is 79.4 Å². The Kier molecular flexibility index (Phi) is 6.34. The van der Waals surface area contributed by atoms with Gasteiger partial charge in [0.15, 0.2) is 5.82 Å². The number of urea groups is 1. The third-order valence-corrected chi connectivity index (χ3v) is 5.59. The standard InChI is InChI=1S/C27H25N5O2/c33-27(28-21-11-13-24(14-12-21)34-23-9-2-1-3-10-23)29-22-8-6-7-20(19-22)25-15-16-26(31-30-25)32-17-4-5-18-32/h1-3,6-16,19H,4-5,17-18H2,(H2,28,29,33). The molecule has 34 heavy (non-hydrogen) atoms. The van der Waals surface area contributed by atoms with Crippen molar-refractivity contribution in [3.8, 4) is 22.8 Å². The number of nitrogens with one attached hydrogen (secondary N) is 2. The molecule has 1 aliphatic heterocycles. The van der Waals surface area contributed by atoms with Crippen molar-refractivity contribution in [1.29, 1.82) is 0 Å². The summed E-state index contributed by atoms with van der Waals surface area (Å²) in [5.74, 6) is 2.37. The molecule has 3 aromatic carbocycles. The molecule has 7 nitrogen and oxygen atoms in total. The number of ether oxygens (including phenoxy) is 1. The van der Waals surface area contributed by atoms with E-state index in [4.69, 9.17) is 4.74 Å². The van der Waals surface area contributed by atoms with Gasteiger partial charge in [-0.1, -0.05) is 30.3 Å². The van der Waals surface area contributed by atoms with Crippen LogP contribution >= 0.6 is 0 Å². The average molecular weight is 452 g/mol. The fraction of sp³-hybridized carbons (Fsp3) is 0.148. The molecule has 2 heterocycles. The summed E-state index contributed by atoms with van der Waals surface area (Å²) in [6.45, 7) is 2.07. The number of carbonyl (C=O) groups excluding carboxylic acids is 1. The second-order valence-electron chi connectivity index (χ2n) is 8.07. The zero-order chi connectivity index (χ0) is 23.2. The lowest BCUT2D eigenvalue weighted by molar-refractivity contribution is 0.262. The van der Waals surface area contributed by atoms with E-state index >= 15 is 0 Å². The van der Waals surface area contributed by atoms with Crippen LogP contribution in [0.25, 0.3) is 11.3 Å². The zero-order valence-corrected chi connectivity index (χ0v) is 18.6. The van der Waals surface area contributed by atoms with Crippen molar-refractivity contribution in [1.82, 2.24) is 10.2 Å². The second-order valence-corrected chi connectivity index (χ2v) is 8.07. The molecule has 0 radical (unpaired) electrons. The molecule has 0 bridgehead atoms. The van der Waals surface area contributed by atoms with E-state index in [0.29, 0.717) is 17.1 Å². The minimum Gasteiger partial charge on any atom is -0.457 e. The van der Waals surface area contributed by atoms with Gasteiger partial charge in [0.1, 0.15) is 11.5 Å². The summed E-state index contributed by atoms with van der Waals surface area (Å²) in [6.07, 6.45) is 2.40. The molecule has 0 atom stereocenters. The number of carbonyl (C=O) groups is 1. The first-order valence-corrected chi connectivity index (χ1v) is 11.3.